The van der Waals surface area contributed by atoms with Gasteiger partial charge in [-0.05, 0) is 25.0 Å². The van der Waals surface area contributed by atoms with Crippen LogP contribution in [0.3, 0.4) is 0 Å². The van der Waals surface area contributed by atoms with Crippen molar-refractivity contribution in [3.8, 4) is 0 Å². The van der Waals surface area contributed by atoms with Gasteiger partial charge < -0.3 is 10.1 Å². The van der Waals surface area contributed by atoms with Crippen LogP contribution in [0.2, 0.25) is 5.02 Å². The van der Waals surface area contributed by atoms with E-state index in [1.807, 2.05) is 0 Å². The Hall–Kier alpha value is -2.15. The number of halogens is 1. The molecule has 23 heavy (non-hydrogen) atoms. The van der Waals surface area contributed by atoms with E-state index in [-0.39, 0.29) is 16.6 Å². The summed E-state index contributed by atoms with van der Waals surface area (Å²) >= 11 is 5.68. The summed E-state index contributed by atoms with van der Waals surface area (Å²) in [4.78, 5) is 33.9. The Morgan fingerprint density at radius 3 is 2.65 bits per heavy atom. The molecule has 1 amide bonds. The third kappa shape index (κ3) is 4.92. The van der Waals surface area contributed by atoms with Gasteiger partial charge in [0.25, 0.3) is 11.6 Å². The number of carbonyl (C=O) groups excluding carboxylic acids is 2. The van der Waals surface area contributed by atoms with Crippen molar-refractivity contribution in [1.29, 1.82) is 0 Å². The fraction of sp³-hybridized carbons (Fsp3) is 0.467. The predicted molar refractivity (Wildman–Crippen MR) is 83.4 cm³/mol. The van der Waals surface area contributed by atoms with Crippen LogP contribution >= 0.6 is 11.6 Å². The van der Waals surface area contributed by atoms with Crippen molar-refractivity contribution in [2.24, 2.45) is 0 Å². The maximum Gasteiger partial charge on any atom is 0.345 e. The number of esters is 1. The van der Waals surface area contributed by atoms with Gasteiger partial charge in [-0.15, -0.1) is 0 Å². The molecule has 1 aliphatic rings. The molecule has 1 aromatic rings. The lowest BCUT2D eigenvalue weighted by Gasteiger charge is -2.22. The number of nitro benzene ring substituents is 1. The fourth-order valence-corrected chi connectivity index (χ4v) is 2.72. The summed E-state index contributed by atoms with van der Waals surface area (Å²) in [5, 5.41) is 13.9. The molecule has 1 aromatic carbocycles. The second kappa shape index (κ2) is 7.92. The SMILES string of the molecule is O=C(COC(=O)c1ccc(Cl)cc1[N+](=O)[O-])NC1CCCCC1. The van der Waals surface area contributed by atoms with Crippen molar-refractivity contribution in [2.75, 3.05) is 6.61 Å². The number of nitrogens with zero attached hydrogens (tertiary/aromatic N) is 1. The van der Waals surface area contributed by atoms with E-state index in [9.17, 15) is 19.7 Å². The summed E-state index contributed by atoms with van der Waals surface area (Å²) < 4.78 is 4.86. The zero-order valence-electron chi connectivity index (χ0n) is 12.4. The van der Waals surface area contributed by atoms with Gasteiger partial charge in [0.15, 0.2) is 6.61 Å². The molecule has 124 valence electrons. The van der Waals surface area contributed by atoms with Gasteiger partial charge >= 0.3 is 5.97 Å². The van der Waals surface area contributed by atoms with Crippen LogP contribution in [0.25, 0.3) is 0 Å². The average Bonchev–Trinajstić information content (AvgIpc) is 2.53. The molecule has 1 N–H and O–H groups in total. The molecule has 0 heterocycles. The van der Waals surface area contributed by atoms with Gasteiger partial charge in [0.2, 0.25) is 0 Å². The molecular weight excluding hydrogens is 324 g/mol. The third-order valence-corrected chi connectivity index (χ3v) is 3.92. The predicted octanol–water partition coefficient (Wildman–Crippen LogP) is 2.85. The zero-order chi connectivity index (χ0) is 16.8. The smallest absolute Gasteiger partial charge is 0.345 e. The van der Waals surface area contributed by atoms with Crippen molar-refractivity contribution in [1.82, 2.24) is 5.32 Å². The van der Waals surface area contributed by atoms with E-state index in [0.717, 1.165) is 31.7 Å². The van der Waals surface area contributed by atoms with Crippen LogP contribution in [0.15, 0.2) is 18.2 Å². The number of amides is 1. The normalized spacial score (nSPS) is 15.0. The maximum atomic E-state index is 11.9. The highest BCUT2D eigenvalue weighted by Crippen LogP contribution is 2.24. The first-order valence-corrected chi connectivity index (χ1v) is 7.75. The van der Waals surface area contributed by atoms with Gasteiger partial charge in [0.05, 0.1) is 4.92 Å². The number of ether oxygens (including phenoxy) is 1. The van der Waals surface area contributed by atoms with Crippen LogP contribution in [-0.4, -0.2) is 29.4 Å². The van der Waals surface area contributed by atoms with Crippen LogP contribution in [0.5, 0.6) is 0 Å². The summed E-state index contributed by atoms with van der Waals surface area (Å²) in [7, 11) is 0. The number of rotatable bonds is 5. The number of benzene rings is 1. The lowest BCUT2D eigenvalue weighted by Crippen LogP contribution is -2.38. The first-order valence-electron chi connectivity index (χ1n) is 7.38. The monoisotopic (exact) mass is 340 g/mol. The van der Waals surface area contributed by atoms with Crippen molar-refractivity contribution >= 4 is 29.2 Å². The van der Waals surface area contributed by atoms with Crippen LogP contribution in [0.4, 0.5) is 5.69 Å². The van der Waals surface area contributed by atoms with Gasteiger partial charge in [-0.2, -0.15) is 0 Å². The number of nitro groups is 1. The molecular formula is C15H17ClN2O5. The molecule has 1 fully saturated rings. The first kappa shape index (κ1) is 17.2. The molecule has 0 aromatic heterocycles. The van der Waals surface area contributed by atoms with Crippen molar-refractivity contribution in [2.45, 2.75) is 38.1 Å². The minimum absolute atomic E-state index is 0.111. The lowest BCUT2D eigenvalue weighted by atomic mass is 9.95. The number of hydrogen-bond donors (Lipinski definition) is 1. The Morgan fingerprint density at radius 1 is 1.30 bits per heavy atom. The molecule has 0 atom stereocenters. The molecule has 0 aliphatic heterocycles. The largest absolute Gasteiger partial charge is 0.452 e. The standard InChI is InChI=1S/C15H17ClN2O5/c16-10-6-7-12(13(8-10)18(21)22)15(20)23-9-14(19)17-11-4-2-1-3-5-11/h6-8,11H,1-5,9H2,(H,17,19). The Labute approximate surface area is 138 Å². The van der Waals surface area contributed by atoms with Crippen LogP contribution in [-0.2, 0) is 9.53 Å². The zero-order valence-corrected chi connectivity index (χ0v) is 13.2. The highest BCUT2D eigenvalue weighted by atomic mass is 35.5. The average molecular weight is 341 g/mol. The number of carbonyl (C=O) groups is 2. The van der Waals surface area contributed by atoms with Crippen molar-refractivity contribution in [3.05, 3.63) is 38.9 Å². The van der Waals surface area contributed by atoms with Crippen LogP contribution < -0.4 is 5.32 Å². The molecule has 0 spiro atoms. The summed E-state index contributed by atoms with van der Waals surface area (Å²) in [6.07, 6.45) is 5.15. The Balaban J connectivity index is 1.91. The number of nitrogens with one attached hydrogen (secondary N) is 1. The molecule has 0 unspecified atom stereocenters. The lowest BCUT2D eigenvalue weighted by molar-refractivity contribution is -0.385. The van der Waals surface area contributed by atoms with E-state index < -0.39 is 29.1 Å². The molecule has 0 radical (unpaired) electrons. The third-order valence-electron chi connectivity index (χ3n) is 3.68. The Bertz CT molecular complexity index is 614. The van der Waals surface area contributed by atoms with Gasteiger partial charge in [-0.3, -0.25) is 14.9 Å². The molecule has 2 rings (SSSR count). The van der Waals surface area contributed by atoms with Gasteiger partial charge in [-0.1, -0.05) is 30.9 Å². The van der Waals surface area contributed by atoms with E-state index in [1.165, 1.54) is 18.6 Å². The van der Waals surface area contributed by atoms with E-state index >= 15 is 0 Å². The van der Waals surface area contributed by atoms with E-state index in [0.29, 0.717) is 0 Å². The summed E-state index contributed by atoms with van der Waals surface area (Å²) in [5.41, 5.74) is -0.681. The second-order valence-electron chi connectivity index (χ2n) is 5.40. The van der Waals surface area contributed by atoms with Gasteiger partial charge in [-0.25, -0.2) is 4.79 Å². The fourth-order valence-electron chi connectivity index (χ4n) is 2.55. The Morgan fingerprint density at radius 2 is 2.00 bits per heavy atom. The topological polar surface area (TPSA) is 98.5 Å². The number of hydrogen-bond acceptors (Lipinski definition) is 5. The molecule has 1 aliphatic carbocycles. The van der Waals surface area contributed by atoms with Crippen LogP contribution in [0.1, 0.15) is 42.5 Å². The van der Waals surface area contributed by atoms with E-state index in [2.05, 4.69) is 5.32 Å². The molecule has 7 nitrogen and oxygen atoms in total. The van der Waals surface area contributed by atoms with E-state index in [1.54, 1.807) is 0 Å². The summed E-state index contributed by atoms with van der Waals surface area (Å²) in [5.74, 6) is -1.32. The van der Waals surface area contributed by atoms with Crippen molar-refractivity contribution < 1.29 is 19.2 Å². The van der Waals surface area contributed by atoms with Gasteiger partial charge in [0, 0.05) is 17.1 Å². The maximum absolute atomic E-state index is 11.9. The minimum Gasteiger partial charge on any atom is -0.452 e. The molecule has 1 saturated carbocycles. The highest BCUT2D eigenvalue weighted by Gasteiger charge is 2.23. The highest BCUT2D eigenvalue weighted by molar-refractivity contribution is 6.31. The summed E-state index contributed by atoms with van der Waals surface area (Å²) in [6.45, 7) is -0.463. The molecule has 8 heteroatoms. The second-order valence-corrected chi connectivity index (χ2v) is 5.83. The van der Waals surface area contributed by atoms with Crippen LogP contribution in [0, 0.1) is 10.1 Å². The van der Waals surface area contributed by atoms with Gasteiger partial charge in [0.1, 0.15) is 5.56 Å². The summed E-state index contributed by atoms with van der Waals surface area (Å²) in [6, 6.07) is 3.75. The first-order chi connectivity index (χ1) is 11.0. The minimum atomic E-state index is -0.924. The molecule has 0 bridgehead atoms. The van der Waals surface area contributed by atoms with E-state index in [4.69, 9.17) is 16.3 Å². The Kier molecular flexibility index (Phi) is 5.92. The molecule has 0 saturated heterocycles. The quantitative estimate of drug-likeness (QED) is 0.505. The van der Waals surface area contributed by atoms with Crippen molar-refractivity contribution in [3.63, 3.8) is 0 Å².